The normalized spacial score (nSPS) is 11.5. The zero-order chi connectivity index (χ0) is 31.1. The summed E-state index contributed by atoms with van der Waals surface area (Å²) in [6, 6.07) is 39.5. The van der Waals surface area contributed by atoms with Crippen LogP contribution in [0.4, 0.5) is 11.4 Å². The first-order valence-corrected chi connectivity index (χ1v) is 15.6. The lowest BCUT2D eigenvalue weighted by Gasteiger charge is -2.10. The molecule has 3 heterocycles. The lowest BCUT2D eigenvalue weighted by atomic mass is 10.1. The highest BCUT2D eigenvalue weighted by Crippen LogP contribution is 2.41. The Kier molecular flexibility index (Phi) is 5.41. The Labute approximate surface area is 267 Å². The largest absolute Gasteiger partial charge is 0.310 e. The van der Waals surface area contributed by atoms with E-state index in [2.05, 4.69) is 92.5 Å². The third-order valence-corrected chi connectivity index (χ3v) is 10.1. The molecule has 9 aromatic rings. The molecule has 212 valence electrons. The van der Waals surface area contributed by atoms with Gasteiger partial charge in [-0.3, -0.25) is 0 Å². The second-order valence-electron chi connectivity index (χ2n) is 11.6. The Morgan fingerprint density at radius 2 is 1.02 bits per heavy atom. The van der Waals surface area contributed by atoms with Crippen molar-refractivity contribution in [2.45, 2.75) is 6.92 Å². The Hall–Kier alpha value is -6.39. The van der Waals surface area contributed by atoms with Crippen LogP contribution in [-0.2, 0) is 0 Å². The summed E-state index contributed by atoms with van der Waals surface area (Å²) >= 11 is 1.77. The van der Waals surface area contributed by atoms with Crippen LogP contribution in [0.3, 0.4) is 0 Å². The van der Waals surface area contributed by atoms with E-state index >= 15 is 0 Å². The lowest BCUT2D eigenvalue weighted by Crippen LogP contribution is -1.94. The zero-order valence-electron chi connectivity index (χ0n) is 24.5. The van der Waals surface area contributed by atoms with Crippen LogP contribution in [0.5, 0.6) is 0 Å². The van der Waals surface area contributed by atoms with E-state index in [-0.39, 0.29) is 0 Å². The van der Waals surface area contributed by atoms with E-state index in [0.29, 0.717) is 16.9 Å². The van der Waals surface area contributed by atoms with E-state index in [1.807, 2.05) is 48.5 Å². The topological polar surface area (TPSA) is 42.4 Å². The predicted octanol–water partition coefficient (Wildman–Crippen LogP) is 11.5. The highest BCUT2D eigenvalue weighted by molar-refractivity contribution is 7.25. The number of hydrogen-bond donors (Lipinski definition) is 0. The quantitative estimate of drug-likeness (QED) is 0.181. The molecule has 0 fully saturated rings. The van der Waals surface area contributed by atoms with E-state index in [4.69, 9.17) is 13.1 Å². The minimum Gasteiger partial charge on any atom is -0.310 e. The Morgan fingerprint density at radius 1 is 0.543 bits per heavy atom. The van der Waals surface area contributed by atoms with Crippen LogP contribution in [0, 0.1) is 31.4 Å². The van der Waals surface area contributed by atoms with Gasteiger partial charge in [0, 0.05) is 64.1 Å². The number of fused-ring (bicyclic) bond motifs is 9. The highest BCUT2D eigenvalue weighted by atomic mass is 32.1. The van der Waals surface area contributed by atoms with Crippen LogP contribution in [0.25, 0.3) is 84.8 Å². The van der Waals surface area contributed by atoms with Crippen LogP contribution in [-0.4, -0.2) is 9.13 Å². The Bertz CT molecular complexity index is 2840. The SMILES string of the molecule is [C-]#[N+]c1ccc2c3ccc(C)cc3n(-c3ccc4sc5ccc(-n6c7cc(C#N)ccc7c7ccc([N+]#[C-])cc76)cc5c4c3)c2c1. The van der Waals surface area contributed by atoms with Gasteiger partial charge < -0.3 is 9.13 Å². The predicted molar refractivity (Wildman–Crippen MR) is 190 cm³/mol. The first kappa shape index (κ1) is 26.1. The molecule has 0 saturated carbocycles. The van der Waals surface area contributed by atoms with Crippen LogP contribution in [0.1, 0.15) is 11.1 Å². The van der Waals surface area contributed by atoms with Crippen LogP contribution in [0.2, 0.25) is 0 Å². The van der Waals surface area contributed by atoms with E-state index in [1.54, 1.807) is 11.3 Å². The van der Waals surface area contributed by atoms with Crippen molar-refractivity contribution in [3.8, 4) is 17.4 Å². The number of thiophene rings is 1. The Morgan fingerprint density at radius 3 is 1.54 bits per heavy atom. The second-order valence-corrected chi connectivity index (χ2v) is 12.7. The van der Waals surface area contributed by atoms with Crippen molar-refractivity contribution >= 4 is 86.5 Å². The molecular formula is C40H21N5S. The first-order valence-electron chi connectivity index (χ1n) is 14.8. The summed E-state index contributed by atoms with van der Waals surface area (Å²) in [6.07, 6.45) is 0. The van der Waals surface area contributed by atoms with Crippen LogP contribution >= 0.6 is 11.3 Å². The van der Waals surface area contributed by atoms with Crippen molar-refractivity contribution in [1.82, 2.24) is 9.13 Å². The fourth-order valence-corrected chi connectivity index (χ4v) is 7.99. The molecule has 6 aromatic carbocycles. The number of nitriles is 1. The molecule has 0 aliphatic rings. The van der Waals surface area contributed by atoms with Gasteiger partial charge in [0.1, 0.15) is 0 Å². The van der Waals surface area contributed by atoms with Gasteiger partial charge in [-0.05, 0) is 79.2 Å². The maximum Gasteiger partial charge on any atom is 0.189 e. The molecule has 46 heavy (non-hydrogen) atoms. The summed E-state index contributed by atoms with van der Waals surface area (Å²) in [5.74, 6) is 0. The molecular weight excluding hydrogens is 583 g/mol. The molecule has 0 aliphatic carbocycles. The van der Waals surface area contributed by atoms with Gasteiger partial charge in [-0.1, -0.05) is 42.5 Å². The van der Waals surface area contributed by atoms with Crippen molar-refractivity contribution in [3.05, 3.63) is 143 Å². The molecule has 0 atom stereocenters. The van der Waals surface area contributed by atoms with Gasteiger partial charge in [0.15, 0.2) is 11.4 Å². The van der Waals surface area contributed by atoms with Gasteiger partial charge in [-0.15, -0.1) is 11.3 Å². The van der Waals surface area contributed by atoms with E-state index in [9.17, 15) is 5.26 Å². The fraction of sp³-hybridized carbons (Fsp3) is 0.0250. The average molecular weight is 604 g/mol. The third kappa shape index (κ3) is 3.64. The fourth-order valence-electron chi connectivity index (χ4n) is 6.92. The van der Waals surface area contributed by atoms with Gasteiger partial charge in [0.05, 0.1) is 35.8 Å². The van der Waals surface area contributed by atoms with Gasteiger partial charge in [0.25, 0.3) is 0 Å². The van der Waals surface area contributed by atoms with E-state index < -0.39 is 0 Å². The van der Waals surface area contributed by atoms with Crippen molar-refractivity contribution in [2.75, 3.05) is 0 Å². The minimum atomic E-state index is 0.576. The summed E-state index contributed by atoms with van der Waals surface area (Å²) < 4.78 is 6.83. The third-order valence-electron chi connectivity index (χ3n) is 9.00. The smallest absolute Gasteiger partial charge is 0.189 e. The van der Waals surface area contributed by atoms with Gasteiger partial charge in [-0.25, -0.2) is 9.69 Å². The monoisotopic (exact) mass is 603 g/mol. The standard InChI is InChI=1S/C40H21N5S/c1-23-4-10-29-31-12-6-25(42-2)18-37(31)44(35(29)16-23)27-8-14-39-33(20-27)34-21-28(9-15-40(34)46-39)45-36-17-24(22-41)5-11-30(36)32-13-7-26(43-3)19-38(32)45/h4-21H,1H3. The van der Waals surface area contributed by atoms with Gasteiger partial charge in [-0.2, -0.15) is 5.26 Å². The van der Waals surface area contributed by atoms with Crippen molar-refractivity contribution in [2.24, 2.45) is 0 Å². The van der Waals surface area contributed by atoms with Crippen LogP contribution in [0.15, 0.2) is 109 Å². The maximum absolute atomic E-state index is 9.71. The number of hydrogen-bond acceptors (Lipinski definition) is 2. The summed E-state index contributed by atoms with van der Waals surface area (Å²) in [5, 5.41) is 16.4. The number of aromatic nitrogens is 2. The molecule has 0 saturated heterocycles. The Balaban J connectivity index is 1.33. The highest BCUT2D eigenvalue weighted by Gasteiger charge is 2.17. The van der Waals surface area contributed by atoms with E-state index in [0.717, 1.165) is 65.8 Å². The number of rotatable bonds is 2. The van der Waals surface area contributed by atoms with Crippen molar-refractivity contribution in [1.29, 1.82) is 5.26 Å². The zero-order valence-corrected chi connectivity index (χ0v) is 25.4. The lowest BCUT2D eigenvalue weighted by molar-refractivity contribution is 1.18. The molecule has 0 amide bonds. The molecule has 0 unspecified atom stereocenters. The molecule has 0 spiro atoms. The number of aryl methyl sites for hydroxylation is 1. The van der Waals surface area contributed by atoms with Gasteiger partial charge in [0.2, 0.25) is 0 Å². The van der Waals surface area contributed by atoms with E-state index in [1.165, 1.54) is 15.0 Å². The first-order chi connectivity index (χ1) is 22.5. The minimum absolute atomic E-state index is 0.576. The molecule has 5 nitrogen and oxygen atoms in total. The summed E-state index contributed by atoms with van der Waals surface area (Å²) in [7, 11) is 0. The summed E-state index contributed by atoms with van der Waals surface area (Å²) in [5.41, 5.74) is 9.00. The summed E-state index contributed by atoms with van der Waals surface area (Å²) in [4.78, 5) is 7.43. The molecule has 0 aliphatic heterocycles. The van der Waals surface area contributed by atoms with Crippen molar-refractivity contribution < 1.29 is 0 Å². The number of benzene rings is 6. The molecule has 6 heteroatoms. The maximum atomic E-state index is 9.71. The molecule has 0 N–H and O–H groups in total. The molecule has 0 radical (unpaired) electrons. The van der Waals surface area contributed by atoms with Crippen molar-refractivity contribution in [3.63, 3.8) is 0 Å². The van der Waals surface area contributed by atoms with Crippen LogP contribution < -0.4 is 0 Å². The average Bonchev–Trinajstić information content (AvgIpc) is 3.73. The second kappa shape index (κ2) is 9.55. The number of nitrogens with zero attached hydrogens (tertiary/aromatic N) is 5. The molecule has 9 rings (SSSR count). The molecule has 3 aromatic heterocycles. The van der Waals surface area contributed by atoms with Gasteiger partial charge >= 0.3 is 0 Å². The summed E-state index contributed by atoms with van der Waals surface area (Å²) in [6.45, 7) is 17.4. The molecule has 0 bridgehead atoms.